The zero-order valence-electron chi connectivity index (χ0n) is 8.42. The van der Waals surface area contributed by atoms with Crippen LogP contribution in [0.25, 0.3) is 0 Å². The van der Waals surface area contributed by atoms with Crippen molar-refractivity contribution in [3.05, 3.63) is 48.3 Å². The van der Waals surface area contributed by atoms with Crippen LogP contribution in [-0.2, 0) is 6.54 Å². The van der Waals surface area contributed by atoms with Crippen molar-refractivity contribution in [2.45, 2.75) is 6.54 Å². The molecule has 4 nitrogen and oxygen atoms in total. The molecule has 2 N–H and O–H groups in total. The number of hydrogen-bond donors (Lipinski definition) is 2. The second kappa shape index (κ2) is 4.46. The molecule has 1 aromatic heterocycles. The predicted molar refractivity (Wildman–Crippen MR) is 57.6 cm³/mol. The van der Waals surface area contributed by atoms with Crippen LogP contribution in [0.4, 0.5) is 4.39 Å². The Kier molecular flexibility index (Phi) is 3.03. The first kappa shape index (κ1) is 10.8. The third-order valence-electron chi connectivity index (χ3n) is 2.29. The lowest BCUT2D eigenvalue weighted by molar-refractivity contribution is 0.425. The third-order valence-corrected chi connectivity index (χ3v) is 2.29. The molecule has 0 amide bonds. The number of halogens is 1. The average Bonchev–Trinajstić information content (AvgIpc) is 2.73. The van der Waals surface area contributed by atoms with E-state index in [9.17, 15) is 4.39 Å². The summed E-state index contributed by atoms with van der Waals surface area (Å²) in [7, 11) is -1.64. The molecule has 82 valence electrons. The number of hydrogen-bond acceptors (Lipinski definition) is 3. The summed E-state index contributed by atoms with van der Waals surface area (Å²) >= 11 is 0. The van der Waals surface area contributed by atoms with E-state index in [0.29, 0.717) is 12.1 Å². The third kappa shape index (κ3) is 2.29. The van der Waals surface area contributed by atoms with Crippen LogP contribution in [0.15, 0.2) is 36.9 Å². The minimum Gasteiger partial charge on any atom is -0.423 e. The Morgan fingerprint density at radius 3 is 2.75 bits per heavy atom. The lowest BCUT2D eigenvalue weighted by atomic mass is 9.80. The van der Waals surface area contributed by atoms with Crippen LogP contribution in [0.2, 0.25) is 0 Å². The summed E-state index contributed by atoms with van der Waals surface area (Å²) in [5.41, 5.74) is 0.620. The van der Waals surface area contributed by atoms with Gasteiger partial charge in [0.2, 0.25) is 0 Å². The summed E-state index contributed by atoms with van der Waals surface area (Å²) in [6.45, 7) is 0.369. The van der Waals surface area contributed by atoms with Gasteiger partial charge in [0.1, 0.15) is 5.82 Å². The van der Waals surface area contributed by atoms with E-state index in [4.69, 9.17) is 10.0 Å². The summed E-state index contributed by atoms with van der Waals surface area (Å²) in [5, 5.41) is 17.7. The molecule has 0 unspecified atom stereocenters. The molecule has 2 aromatic rings. The van der Waals surface area contributed by atoms with Crippen molar-refractivity contribution >= 4 is 12.6 Å². The van der Waals surface area contributed by atoms with Crippen LogP contribution in [-0.4, -0.2) is 26.7 Å². The van der Waals surface area contributed by atoms with Gasteiger partial charge in [-0.25, -0.2) is 9.37 Å². The zero-order valence-corrected chi connectivity index (χ0v) is 8.42. The molecule has 0 radical (unpaired) electrons. The number of aromatic nitrogens is 2. The molecule has 0 aliphatic rings. The highest BCUT2D eigenvalue weighted by Gasteiger charge is 2.13. The molecular formula is C10H10BFN2O2. The first-order chi connectivity index (χ1) is 7.66. The fraction of sp³-hybridized carbons (Fsp3) is 0.100. The van der Waals surface area contributed by atoms with Gasteiger partial charge in [-0.05, 0) is 11.5 Å². The maximum absolute atomic E-state index is 13.5. The van der Waals surface area contributed by atoms with Crippen LogP contribution in [0, 0.1) is 5.82 Å². The zero-order chi connectivity index (χ0) is 11.5. The van der Waals surface area contributed by atoms with E-state index in [1.54, 1.807) is 23.3 Å². The van der Waals surface area contributed by atoms with Gasteiger partial charge in [0.05, 0.1) is 12.9 Å². The Hall–Kier alpha value is -1.66. The van der Waals surface area contributed by atoms with E-state index in [0.717, 1.165) is 6.07 Å². The van der Waals surface area contributed by atoms with Gasteiger partial charge in [-0.2, -0.15) is 0 Å². The molecule has 1 aromatic carbocycles. The monoisotopic (exact) mass is 220 g/mol. The van der Waals surface area contributed by atoms with Gasteiger partial charge >= 0.3 is 7.12 Å². The molecule has 16 heavy (non-hydrogen) atoms. The Morgan fingerprint density at radius 2 is 2.19 bits per heavy atom. The van der Waals surface area contributed by atoms with E-state index >= 15 is 0 Å². The number of rotatable bonds is 3. The molecule has 0 bridgehead atoms. The maximum Gasteiger partial charge on any atom is 0.488 e. The molecule has 1 heterocycles. The van der Waals surface area contributed by atoms with Crippen molar-refractivity contribution in [1.82, 2.24) is 9.55 Å². The smallest absolute Gasteiger partial charge is 0.423 e. The quantitative estimate of drug-likeness (QED) is 0.701. The fourth-order valence-electron chi connectivity index (χ4n) is 1.43. The predicted octanol–water partition coefficient (Wildman–Crippen LogP) is -0.250. The van der Waals surface area contributed by atoms with Crippen LogP contribution in [0.5, 0.6) is 0 Å². The SMILES string of the molecule is OB(O)c1ccc(Cn2ccnc2)c(F)c1. The van der Waals surface area contributed by atoms with Crippen molar-refractivity contribution < 1.29 is 14.4 Å². The van der Waals surface area contributed by atoms with Crippen molar-refractivity contribution in [3.8, 4) is 0 Å². The first-order valence-corrected chi connectivity index (χ1v) is 4.77. The summed E-state index contributed by atoms with van der Waals surface area (Å²) < 4.78 is 15.3. The standard InChI is InChI=1S/C10H10BFN2O2/c12-10-5-9(11(15)16)2-1-8(10)6-14-4-3-13-7-14/h1-5,7,15-16H,6H2. The van der Waals surface area contributed by atoms with Crippen LogP contribution in [0.3, 0.4) is 0 Å². The lowest BCUT2D eigenvalue weighted by Crippen LogP contribution is -2.30. The number of benzene rings is 1. The van der Waals surface area contributed by atoms with E-state index in [1.165, 1.54) is 12.1 Å². The summed E-state index contributed by atoms with van der Waals surface area (Å²) in [4.78, 5) is 3.85. The molecule has 0 spiro atoms. The second-order valence-corrected chi connectivity index (χ2v) is 3.46. The number of nitrogens with zero attached hydrogens (tertiary/aromatic N) is 2. The Balaban J connectivity index is 2.23. The highest BCUT2D eigenvalue weighted by atomic mass is 19.1. The van der Waals surface area contributed by atoms with Gasteiger partial charge in [-0.3, -0.25) is 0 Å². The normalized spacial score (nSPS) is 10.4. The molecule has 6 heteroatoms. The largest absolute Gasteiger partial charge is 0.488 e. The molecule has 0 fully saturated rings. The Morgan fingerprint density at radius 1 is 1.38 bits per heavy atom. The lowest BCUT2D eigenvalue weighted by Gasteiger charge is -2.06. The number of imidazole rings is 1. The second-order valence-electron chi connectivity index (χ2n) is 3.46. The molecule has 0 saturated carbocycles. The van der Waals surface area contributed by atoms with E-state index < -0.39 is 12.9 Å². The molecule has 0 saturated heterocycles. The van der Waals surface area contributed by atoms with Crippen molar-refractivity contribution in [1.29, 1.82) is 0 Å². The van der Waals surface area contributed by atoms with E-state index in [1.807, 2.05) is 0 Å². The van der Waals surface area contributed by atoms with Gasteiger partial charge in [0.15, 0.2) is 0 Å². The molecule has 0 aliphatic carbocycles. The van der Waals surface area contributed by atoms with Crippen LogP contribution >= 0.6 is 0 Å². The van der Waals surface area contributed by atoms with Crippen LogP contribution in [0.1, 0.15) is 5.56 Å². The van der Waals surface area contributed by atoms with Crippen molar-refractivity contribution in [2.24, 2.45) is 0 Å². The van der Waals surface area contributed by atoms with Gasteiger partial charge in [-0.15, -0.1) is 0 Å². The molecule has 2 rings (SSSR count). The van der Waals surface area contributed by atoms with Gasteiger partial charge in [0, 0.05) is 18.0 Å². The highest BCUT2D eigenvalue weighted by molar-refractivity contribution is 6.58. The topological polar surface area (TPSA) is 58.3 Å². The van der Waals surface area contributed by atoms with Crippen molar-refractivity contribution in [3.63, 3.8) is 0 Å². The minimum absolute atomic E-state index is 0.145. The van der Waals surface area contributed by atoms with Gasteiger partial charge < -0.3 is 14.6 Å². The van der Waals surface area contributed by atoms with E-state index in [2.05, 4.69) is 4.98 Å². The first-order valence-electron chi connectivity index (χ1n) is 4.77. The van der Waals surface area contributed by atoms with Gasteiger partial charge in [0.25, 0.3) is 0 Å². The maximum atomic E-state index is 13.5. The van der Waals surface area contributed by atoms with E-state index in [-0.39, 0.29) is 5.46 Å². The molecule has 0 aliphatic heterocycles. The van der Waals surface area contributed by atoms with Crippen LogP contribution < -0.4 is 5.46 Å². The molecule has 0 atom stereocenters. The highest BCUT2D eigenvalue weighted by Crippen LogP contribution is 2.07. The summed E-state index contributed by atoms with van der Waals surface area (Å²) in [6, 6.07) is 4.14. The summed E-state index contributed by atoms with van der Waals surface area (Å²) in [5.74, 6) is -0.459. The van der Waals surface area contributed by atoms with Crippen molar-refractivity contribution in [2.75, 3.05) is 0 Å². The van der Waals surface area contributed by atoms with Gasteiger partial charge in [-0.1, -0.05) is 12.1 Å². The minimum atomic E-state index is -1.64. The Bertz CT molecular complexity index is 474. The Labute approximate surface area is 92.1 Å². The fourth-order valence-corrected chi connectivity index (χ4v) is 1.43. The molecular weight excluding hydrogens is 210 g/mol. The average molecular weight is 220 g/mol. The summed E-state index contributed by atoms with van der Waals surface area (Å²) in [6.07, 6.45) is 4.94.